The van der Waals surface area contributed by atoms with Crippen LogP contribution >= 0.6 is 0 Å². The second-order valence-electron chi connectivity index (χ2n) is 1.74. The highest BCUT2D eigenvalue weighted by Crippen LogP contribution is 1.86. The molecule has 0 aromatic heterocycles. The molecule has 0 saturated heterocycles. The first-order valence-electron chi connectivity index (χ1n) is 2.79. The SMILES string of the molecule is B/C(C=C)=C/N=C(\N)NN. The van der Waals surface area contributed by atoms with E-state index in [2.05, 4.69) is 17.0 Å². The lowest BCUT2D eigenvalue weighted by Gasteiger charge is -1.93. The van der Waals surface area contributed by atoms with Gasteiger partial charge in [0.25, 0.3) is 0 Å². The van der Waals surface area contributed by atoms with Crippen molar-refractivity contribution < 1.29 is 0 Å². The fraction of sp³-hybridized carbons (Fsp3) is 0. The summed E-state index contributed by atoms with van der Waals surface area (Å²) in [6.45, 7) is 3.53. The Morgan fingerprint density at radius 1 is 1.70 bits per heavy atom. The monoisotopic (exact) mass is 138 g/mol. The third kappa shape index (κ3) is 3.74. The second kappa shape index (κ2) is 4.63. The first-order valence-corrected chi connectivity index (χ1v) is 2.79. The van der Waals surface area contributed by atoms with Crippen LogP contribution in [0.4, 0.5) is 0 Å². The molecule has 0 aliphatic carbocycles. The number of hydrogen-bond acceptors (Lipinski definition) is 2. The molecule has 5 heteroatoms. The van der Waals surface area contributed by atoms with Crippen molar-refractivity contribution in [1.29, 1.82) is 0 Å². The van der Waals surface area contributed by atoms with Crippen molar-refractivity contribution in [2.24, 2.45) is 16.6 Å². The zero-order valence-electron chi connectivity index (χ0n) is 5.96. The van der Waals surface area contributed by atoms with E-state index in [9.17, 15) is 0 Å². The maximum atomic E-state index is 5.21. The maximum absolute atomic E-state index is 5.21. The average molecular weight is 138 g/mol. The Kier molecular flexibility index (Phi) is 4.07. The van der Waals surface area contributed by atoms with Crippen molar-refractivity contribution in [2.75, 3.05) is 0 Å². The number of rotatable bonds is 2. The highest BCUT2D eigenvalue weighted by Gasteiger charge is 1.80. The lowest BCUT2D eigenvalue weighted by molar-refractivity contribution is 1.01. The van der Waals surface area contributed by atoms with Crippen LogP contribution in [0, 0.1) is 0 Å². The summed E-state index contributed by atoms with van der Waals surface area (Å²) in [5, 5.41) is 0. The average Bonchev–Trinajstić information content (AvgIpc) is 1.99. The number of hydrogen-bond donors (Lipinski definition) is 3. The van der Waals surface area contributed by atoms with Crippen LogP contribution in [0.3, 0.4) is 0 Å². The van der Waals surface area contributed by atoms with Crippen molar-refractivity contribution in [3.8, 4) is 0 Å². The summed E-state index contributed by atoms with van der Waals surface area (Å²) in [6, 6.07) is 0. The smallest absolute Gasteiger partial charge is 0.207 e. The van der Waals surface area contributed by atoms with Gasteiger partial charge in [-0.25, -0.2) is 10.8 Å². The van der Waals surface area contributed by atoms with E-state index in [-0.39, 0.29) is 5.96 Å². The summed E-state index contributed by atoms with van der Waals surface area (Å²) < 4.78 is 0. The van der Waals surface area contributed by atoms with Gasteiger partial charge in [0.05, 0.1) is 0 Å². The first kappa shape index (κ1) is 8.77. The summed E-state index contributed by atoms with van der Waals surface area (Å²) in [4.78, 5) is 3.74. The van der Waals surface area contributed by atoms with Crippen molar-refractivity contribution in [3.05, 3.63) is 24.3 Å². The van der Waals surface area contributed by atoms with Crippen LogP contribution in [-0.4, -0.2) is 13.8 Å². The Bertz CT molecular complexity index is 172. The topological polar surface area (TPSA) is 76.4 Å². The van der Waals surface area contributed by atoms with Gasteiger partial charge in [0.2, 0.25) is 5.96 Å². The molecule has 0 rings (SSSR count). The Labute approximate surface area is 61.1 Å². The molecular weight excluding hydrogens is 127 g/mol. The summed E-state index contributed by atoms with van der Waals surface area (Å²) >= 11 is 0. The molecule has 0 saturated carbocycles. The van der Waals surface area contributed by atoms with Crippen LogP contribution < -0.4 is 17.0 Å². The molecule has 4 nitrogen and oxygen atoms in total. The molecule has 10 heavy (non-hydrogen) atoms. The Morgan fingerprint density at radius 3 is 2.70 bits per heavy atom. The van der Waals surface area contributed by atoms with E-state index in [0.29, 0.717) is 0 Å². The number of hydrazine groups is 1. The van der Waals surface area contributed by atoms with E-state index >= 15 is 0 Å². The molecule has 5 N–H and O–H groups in total. The normalized spacial score (nSPS) is 12.9. The summed E-state index contributed by atoms with van der Waals surface area (Å²) in [5.74, 6) is 5.12. The van der Waals surface area contributed by atoms with E-state index < -0.39 is 0 Å². The number of nitrogens with zero attached hydrogens (tertiary/aromatic N) is 1. The third-order valence-electron chi connectivity index (χ3n) is 0.877. The second-order valence-corrected chi connectivity index (χ2v) is 1.74. The Hall–Kier alpha value is -1.23. The largest absolute Gasteiger partial charge is 0.369 e. The van der Waals surface area contributed by atoms with Crippen LogP contribution in [0.2, 0.25) is 0 Å². The molecule has 54 valence electrons. The number of allylic oxidation sites excluding steroid dienone is 2. The van der Waals surface area contributed by atoms with E-state index in [0.717, 1.165) is 5.47 Å². The van der Waals surface area contributed by atoms with Gasteiger partial charge in [-0.1, -0.05) is 18.1 Å². The van der Waals surface area contributed by atoms with E-state index in [1.54, 1.807) is 12.3 Å². The van der Waals surface area contributed by atoms with Crippen LogP contribution in [0.25, 0.3) is 0 Å². The number of nitrogens with one attached hydrogen (secondary N) is 1. The van der Waals surface area contributed by atoms with Gasteiger partial charge < -0.3 is 5.73 Å². The predicted octanol–water partition coefficient (Wildman–Crippen LogP) is -1.58. The molecule has 0 unspecified atom stereocenters. The highest BCUT2D eigenvalue weighted by molar-refractivity contribution is 6.23. The summed E-state index contributed by atoms with van der Waals surface area (Å²) in [7, 11) is 1.86. The molecule has 0 bridgehead atoms. The number of guanidine groups is 1. The molecule has 0 amide bonds. The van der Waals surface area contributed by atoms with E-state index in [4.69, 9.17) is 11.6 Å². The lowest BCUT2D eigenvalue weighted by Crippen LogP contribution is -2.36. The number of nitrogens with two attached hydrogens (primary N) is 2. The van der Waals surface area contributed by atoms with Crippen LogP contribution in [0.15, 0.2) is 29.3 Å². The Balaban J connectivity index is 4.03. The van der Waals surface area contributed by atoms with Crippen molar-refractivity contribution >= 4 is 13.8 Å². The lowest BCUT2D eigenvalue weighted by atomic mass is 9.98. The van der Waals surface area contributed by atoms with Gasteiger partial charge in [0, 0.05) is 6.20 Å². The van der Waals surface area contributed by atoms with Crippen molar-refractivity contribution in [2.45, 2.75) is 0 Å². The highest BCUT2D eigenvalue weighted by atomic mass is 15.3. The quantitative estimate of drug-likeness (QED) is 0.108. The minimum Gasteiger partial charge on any atom is -0.369 e. The molecule has 0 spiro atoms. The zero-order valence-corrected chi connectivity index (χ0v) is 5.96. The molecule has 0 radical (unpaired) electrons. The van der Waals surface area contributed by atoms with Crippen LogP contribution in [0.1, 0.15) is 0 Å². The van der Waals surface area contributed by atoms with Gasteiger partial charge in [-0.3, -0.25) is 5.43 Å². The van der Waals surface area contributed by atoms with Gasteiger partial charge >= 0.3 is 0 Å². The van der Waals surface area contributed by atoms with Gasteiger partial charge in [-0.05, 0) is 0 Å². The molecule has 0 fully saturated rings. The predicted molar refractivity (Wildman–Crippen MR) is 45.8 cm³/mol. The van der Waals surface area contributed by atoms with E-state index in [1.165, 1.54) is 0 Å². The molecule has 0 atom stereocenters. The number of aliphatic imine (C=N–C) groups is 1. The Morgan fingerprint density at radius 2 is 2.30 bits per heavy atom. The van der Waals surface area contributed by atoms with Gasteiger partial charge in [-0.15, -0.1) is 0 Å². The van der Waals surface area contributed by atoms with Crippen LogP contribution in [0.5, 0.6) is 0 Å². The van der Waals surface area contributed by atoms with Crippen LogP contribution in [-0.2, 0) is 0 Å². The molecular formula is C5H11BN4. The minimum absolute atomic E-state index is 0.182. The van der Waals surface area contributed by atoms with Gasteiger partial charge in [-0.2, -0.15) is 0 Å². The fourth-order valence-corrected chi connectivity index (χ4v) is 0.261. The molecule has 0 aromatic carbocycles. The molecule has 0 aromatic rings. The maximum Gasteiger partial charge on any atom is 0.207 e. The van der Waals surface area contributed by atoms with Crippen molar-refractivity contribution in [3.63, 3.8) is 0 Å². The molecule has 0 heterocycles. The van der Waals surface area contributed by atoms with E-state index in [1.807, 2.05) is 7.85 Å². The first-order chi connectivity index (χ1) is 4.70. The third-order valence-corrected chi connectivity index (χ3v) is 0.877. The molecule has 0 aliphatic rings. The fourth-order valence-electron chi connectivity index (χ4n) is 0.261. The van der Waals surface area contributed by atoms with Crippen molar-refractivity contribution in [1.82, 2.24) is 5.43 Å². The summed E-state index contributed by atoms with van der Waals surface area (Å²) in [6.07, 6.45) is 3.25. The van der Waals surface area contributed by atoms with Gasteiger partial charge in [0.1, 0.15) is 7.85 Å². The molecule has 0 aliphatic heterocycles. The zero-order chi connectivity index (χ0) is 7.98. The standard InChI is InChI=1S/C5H11BN4/c1-2-4(6)3-9-5(7)10-8/h2-3H,1,6,8H2,(H3,7,9,10)/b4-3+. The minimum atomic E-state index is 0.182. The van der Waals surface area contributed by atoms with Gasteiger partial charge in [0.15, 0.2) is 0 Å². The summed E-state index contributed by atoms with van der Waals surface area (Å²) in [5.41, 5.74) is 8.33.